The average molecular weight is 257 g/mol. The minimum atomic E-state index is -0.186. The van der Waals surface area contributed by atoms with Crippen LogP contribution in [0.2, 0.25) is 0 Å². The molecule has 1 N–H and O–H groups in total. The molecule has 0 spiro atoms. The highest BCUT2D eigenvalue weighted by atomic mass is 16.5. The van der Waals surface area contributed by atoms with Crippen LogP contribution in [-0.2, 0) is 6.54 Å². The van der Waals surface area contributed by atoms with E-state index < -0.39 is 0 Å². The number of aromatic nitrogens is 2. The van der Waals surface area contributed by atoms with Gasteiger partial charge in [-0.05, 0) is 25.1 Å². The number of benzene rings is 1. The van der Waals surface area contributed by atoms with Gasteiger partial charge in [-0.25, -0.2) is 9.97 Å². The molecule has 0 bridgehead atoms. The fraction of sp³-hybridized carbons (Fsp3) is 0.214. The second kappa shape index (κ2) is 5.95. The van der Waals surface area contributed by atoms with Crippen molar-refractivity contribution in [1.82, 2.24) is 15.3 Å². The molecule has 1 heterocycles. The Balaban J connectivity index is 2.05. The Bertz CT molecular complexity index is 584. The predicted octanol–water partition coefficient (Wildman–Crippen LogP) is 1.72. The van der Waals surface area contributed by atoms with Gasteiger partial charge in [0.25, 0.3) is 5.91 Å². The Kier molecular flexibility index (Phi) is 4.07. The molecule has 0 saturated carbocycles. The van der Waals surface area contributed by atoms with E-state index >= 15 is 0 Å². The van der Waals surface area contributed by atoms with Crippen LogP contribution in [-0.4, -0.2) is 23.0 Å². The van der Waals surface area contributed by atoms with Crippen molar-refractivity contribution in [3.05, 3.63) is 53.6 Å². The number of carbonyl (C=O) groups is 1. The molecule has 0 unspecified atom stereocenters. The smallest absolute Gasteiger partial charge is 0.255 e. The lowest BCUT2D eigenvalue weighted by Gasteiger charge is -2.08. The molecule has 1 amide bonds. The maximum Gasteiger partial charge on any atom is 0.255 e. The third kappa shape index (κ3) is 3.28. The second-order valence-electron chi connectivity index (χ2n) is 4.03. The first kappa shape index (κ1) is 13.0. The quantitative estimate of drug-likeness (QED) is 0.905. The maximum atomic E-state index is 12.0. The van der Waals surface area contributed by atoms with Crippen LogP contribution in [0.5, 0.6) is 5.75 Å². The number of amides is 1. The summed E-state index contributed by atoms with van der Waals surface area (Å²) in [6, 6.07) is 8.93. The Morgan fingerprint density at radius 3 is 2.84 bits per heavy atom. The predicted molar refractivity (Wildman–Crippen MR) is 70.9 cm³/mol. The van der Waals surface area contributed by atoms with E-state index in [0.29, 0.717) is 17.9 Å². The standard InChI is InChI=1S/C14H15N3O2/c1-10-7-11(17-9-16-10)8-15-14(18)12-5-3-4-6-13(12)19-2/h3-7,9H,8H2,1-2H3,(H,15,18). The second-order valence-corrected chi connectivity index (χ2v) is 4.03. The Morgan fingerprint density at radius 1 is 1.32 bits per heavy atom. The molecule has 0 aliphatic rings. The van der Waals surface area contributed by atoms with Crippen LogP contribution < -0.4 is 10.1 Å². The van der Waals surface area contributed by atoms with Gasteiger partial charge in [-0.15, -0.1) is 0 Å². The molecule has 5 nitrogen and oxygen atoms in total. The van der Waals surface area contributed by atoms with Gasteiger partial charge < -0.3 is 10.1 Å². The zero-order valence-corrected chi connectivity index (χ0v) is 10.9. The molecule has 1 aromatic carbocycles. The lowest BCUT2D eigenvalue weighted by molar-refractivity contribution is 0.0947. The van der Waals surface area contributed by atoms with Gasteiger partial charge in [0.05, 0.1) is 24.9 Å². The Labute approximate surface area is 111 Å². The third-order valence-electron chi connectivity index (χ3n) is 2.64. The highest BCUT2D eigenvalue weighted by Crippen LogP contribution is 2.16. The molecule has 98 valence electrons. The summed E-state index contributed by atoms with van der Waals surface area (Å²) >= 11 is 0. The summed E-state index contributed by atoms with van der Waals surface area (Å²) in [4.78, 5) is 20.1. The van der Waals surface area contributed by atoms with Crippen molar-refractivity contribution >= 4 is 5.91 Å². The van der Waals surface area contributed by atoms with Crippen molar-refractivity contribution in [2.75, 3.05) is 7.11 Å². The molecule has 0 saturated heterocycles. The largest absolute Gasteiger partial charge is 0.496 e. The first-order chi connectivity index (χ1) is 9.20. The third-order valence-corrected chi connectivity index (χ3v) is 2.64. The average Bonchev–Trinajstić information content (AvgIpc) is 2.45. The number of carbonyl (C=O) groups excluding carboxylic acids is 1. The molecule has 5 heteroatoms. The van der Waals surface area contributed by atoms with Crippen molar-refractivity contribution in [3.8, 4) is 5.75 Å². The number of nitrogens with zero attached hydrogens (tertiary/aromatic N) is 2. The minimum absolute atomic E-state index is 0.186. The van der Waals surface area contributed by atoms with E-state index in [1.165, 1.54) is 6.33 Å². The molecule has 0 radical (unpaired) electrons. The first-order valence-electron chi connectivity index (χ1n) is 5.89. The summed E-state index contributed by atoms with van der Waals surface area (Å²) in [7, 11) is 1.54. The van der Waals surface area contributed by atoms with Crippen LogP contribution in [0, 0.1) is 6.92 Å². The topological polar surface area (TPSA) is 64.1 Å². The Hall–Kier alpha value is -2.43. The van der Waals surface area contributed by atoms with Crippen LogP contribution in [0.25, 0.3) is 0 Å². The number of hydrogen-bond donors (Lipinski definition) is 1. The van der Waals surface area contributed by atoms with Gasteiger partial charge in [-0.1, -0.05) is 12.1 Å². The number of rotatable bonds is 4. The van der Waals surface area contributed by atoms with Crippen molar-refractivity contribution in [1.29, 1.82) is 0 Å². The van der Waals surface area contributed by atoms with Crippen LogP contribution >= 0.6 is 0 Å². The molecule has 0 atom stereocenters. The number of ether oxygens (including phenoxy) is 1. The van der Waals surface area contributed by atoms with Crippen LogP contribution in [0.4, 0.5) is 0 Å². The lowest BCUT2D eigenvalue weighted by atomic mass is 10.2. The van der Waals surface area contributed by atoms with Crippen molar-refractivity contribution in [3.63, 3.8) is 0 Å². The maximum absolute atomic E-state index is 12.0. The molecule has 0 aliphatic heterocycles. The summed E-state index contributed by atoms with van der Waals surface area (Å²) in [5.74, 6) is 0.368. The van der Waals surface area contributed by atoms with Crippen LogP contribution in [0.15, 0.2) is 36.7 Å². The molecule has 2 rings (SSSR count). The molecule has 19 heavy (non-hydrogen) atoms. The summed E-state index contributed by atoms with van der Waals surface area (Å²) in [6.45, 7) is 2.24. The van der Waals surface area contributed by atoms with E-state index in [4.69, 9.17) is 4.74 Å². The van der Waals surface area contributed by atoms with Crippen molar-refractivity contribution in [2.24, 2.45) is 0 Å². The number of hydrogen-bond acceptors (Lipinski definition) is 4. The molecular weight excluding hydrogens is 242 g/mol. The number of nitrogens with one attached hydrogen (secondary N) is 1. The van der Waals surface area contributed by atoms with E-state index in [9.17, 15) is 4.79 Å². The number of methoxy groups -OCH3 is 1. The van der Waals surface area contributed by atoms with Crippen LogP contribution in [0.1, 0.15) is 21.7 Å². The summed E-state index contributed by atoms with van der Waals surface area (Å²) < 4.78 is 5.15. The Morgan fingerprint density at radius 2 is 2.11 bits per heavy atom. The highest BCUT2D eigenvalue weighted by Gasteiger charge is 2.10. The first-order valence-corrected chi connectivity index (χ1v) is 5.89. The summed E-state index contributed by atoms with van der Waals surface area (Å²) in [5.41, 5.74) is 2.16. The zero-order valence-electron chi connectivity index (χ0n) is 10.9. The number of aryl methyl sites for hydroxylation is 1. The van der Waals surface area contributed by atoms with Gasteiger partial charge >= 0.3 is 0 Å². The van der Waals surface area contributed by atoms with E-state index in [-0.39, 0.29) is 5.91 Å². The molecule has 1 aromatic heterocycles. The van der Waals surface area contributed by atoms with Gasteiger partial charge in [-0.3, -0.25) is 4.79 Å². The minimum Gasteiger partial charge on any atom is -0.496 e. The molecular formula is C14H15N3O2. The van der Waals surface area contributed by atoms with Gasteiger partial charge in [0, 0.05) is 5.69 Å². The zero-order chi connectivity index (χ0) is 13.7. The van der Waals surface area contributed by atoms with Gasteiger partial charge in [-0.2, -0.15) is 0 Å². The summed E-state index contributed by atoms with van der Waals surface area (Å²) in [5, 5.41) is 2.81. The summed E-state index contributed by atoms with van der Waals surface area (Å²) in [6.07, 6.45) is 1.49. The number of para-hydroxylation sites is 1. The SMILES string of the molecule is COc1ccccc1C(=O)NCc1cc(C)ncn1. The molecule has 0 aliphatic carbocycles. The van der Waals surface area contributed by atoms with Gasteiger partial charge in [0.15, 0.2) is 0 Å². The van der Waals surface area contributed by atoms with Gasteiger partial charge in [0.2, 0.25) is 0 Å². The van der Waals surface area contributed by atoms with E-state index in [0.717, 1.165) is 11.4 Å². The molecule has 0 fully saturated rings. The normalized spacial score (nSPS) is 10.0. The van der Waals surface area contributed by atoms with E-state index in [1.54, 1.807) is 25.3 Å². The van der Waals surface area contributed by atoms with E-state index in [1.807, 2.05) is 19.1 Å². The van der Waals surface area contributed by atoms with Crippen molar-refractivity contribution < 1.29 is 9.53 Å². The van der Waals surface area contributed by atoms with Crippen molar-refractivity contribution in [2.45, 2.75) is 13.5 Å². The van der Waals surface area contributed by atoms with Crippen LogP contribution in [0.3, 0.4) is 0 Å². The van der Waals surface area contributed by atoms with E-state index in [2.05, 4.69) is 15.3 Å². The monoisotopic (exact) mass is 257 g/mol. The fourth-order valence-corrected chi connectivity index (χ4v) is 1.70. The fourth-order valence-electron chi connectivity index (χ4n) is 1.70. The highest BCUT2D eigenvalue weighted by molar-refractivity contribution is 5.96. The molecule has 2 aromatic rings. The van der Waals surface area contributed by atoms with Gasteiger partial charge in [0.1, 0.15) is 12.1 Å². The lowest BCUT2D eigenvalue weighted by Crippen LogP contribution is -2.23.